The summed E-state index contributed by atoms with van der Waals surface area (Å²) in [5.74, 6) is -2.34. The molecule has 9 heteroatoms. The molecule has 3 amide bonds. The van der Waals surface area contributed by atoms with Gasteiger partial charge in [0.15, 0.2) is 0 Å². The molecule has 0 saturated carbocycles. The van der Waals surface area contributed by atoms with Crippen molar-refractivity contribution in [1.29, 1.82) is 0 Å². The lowest BCUT2D eigenvalue weighted by Crippen LogP contribution is -2.50. The molecule has 2 aromatic rings. The highest BCUT2D eigenvalue weighted by Crippen LogP contribution is 2.27. The van der Waals surface area contributed by atoms with E-state index in [9.17, 15) is 18.8 Å². The molecule has 1 aliphatic rings. The van der Waals surface area contributed by atoms with E-state index in [1.807, 2.05) is 26.8 Å². The van der Waals surface area contributed by atoms with Crippen LogP contribution in [0, 0.1) is 23.6 Å². The summed E-state index contributed by atoms with van der Waals surface area (Å²) in [6.45, 7) is 6.86. The molecular formula is C29H38ClFN4O3. The Kier molecular flexibility index (Phi) is 10.6. The molecule has 3 N–H and O–H groups in total. The van der Waals surface area contributed by atoms with Gasteiger partial charge in [-0.25, -0.2) is 4.39 Å². The van der Waals surface area contributed by atoms with Crippen LogP contribution < -0.4 is 11.1 Å². The number of benzene rings is 1. The number of hydrogen-bond donors (Lipinski definition) is 2. The molecule has 1 saturated heterocycles. The van der Waals surface area contributed by atoms with Crippen LogP contribution in [-0.4, -0.2) is 40.2 Å². The van der Waals surface area contributed by atoms with Crippen LogP contribution in [0.3, 0.4) is 0 Å². The highest BCUT2D eigenvalue weighted by Gasteiger charge is 2.35. The smallest absolute Gasteiger partial charge is 0.245 e. The predicted octanol–water partition coefficient (Wildman–Crippen LogP) is 5.10. The van der Waals surface area contributed by atoms with Crippen LogP contribution in [0.1, 0.15) is 64.9 Å². The van der Waals surface area contributed by atoms with E-state index in [-0.39, 0.29) is 22.8 Å². The van der Waals surface area contributed by atoms with E-state index >= 15 is 0 Å². The molecule has 3 atom stereocenters. The number of nitrogens with one attached hydrogen (secondary N) is 1. The molecule has 1 aromatic heterocycles. The lowest BCUT2D eigenvalue weighted by molar-refractivity contribution is -0.139. The number of amides is 3. The number of likely N-dealkylation sites (tertiary alicyclic amines) is 1. The highest BCUT2D eigenvalue weighted by atomic mass is 35.5. The van der Waals surface area contributed by atoms with Gasteiger partial charge in [0.25, 0.3) is 0 Å². The van der Waals surface area contributed by atoms with Crippen molar-refractivity contribution in [3.63, 3.8) is 0 Å². The minimum absolute atomic E-state index is 0.0301. The van der Waals surface area contributed by atoms with Gasteiger partial charge in [-0.2, -0.15) is 0 Å². The Bertz CT molecular complexity index is 1140. The van der Waals surface area contributed by atoms with Crippen LogP contribution in [0.25, 0.3) is 11.1 Å². The molecule has 0 unspecified atom stereocenters. The molecule has 0 bridgehead atoms. The van der Waals surface area contributed by atoms with Crippen molar-refractivity contribution in [3.8, 4) is 11.1 Å². The Labute approximate surface area is 229 Å². The molecule has 206 valence electrons. The number of carbonyl (C=O) groups is 3. The van der Waals surface area contributed by atoms with Gasteiger partial charge < -0.3 is 16.0 Å². The first-order valence-electron chi connectivity index (χ1n) is 13.4. The maximum atomic E-state index is 13.6. The van der Waals surface area contributed by atoms with Gasteiger partial charge >= 0.3 is 0 Å². The molecule has 1 aliphatic heterocycles. The second kappa shape index (κ2) is 13.7. The number of primary amides is 1. The third-order valence-electron chi connectivity index (χ3n) is 7.03. The van der Waals surface area contributed by atoms with Gasteiger partial charge in [-0.15, -0.1) is 0 Å². The Morgan fingerprint density at radius 2 is 1.95 bits per heavy atom. The van der Waals surface area contributed by atoms with Gasteiger partial charge in [-0.3, -0.25) is 19.4 Å². The Morgan fingerprint density at radius 3 is 2.61 bits per heavy atom. The van der Waals surface area contributed by atoms with E-state index in [0.717, 1.165) is 36.0 Å². The minimum Gasteiger partial charge on any atom is -0.369 e. The monoisotopic (exact) mass is 544 g/mol. The summed E-state index contributed by atoms with van der Waals surface area (Å²) >= 11 is 5.95. The Morgan fingerprint density at radius 1 is 1.18 bits per heavy atom. The topological polar surface area (TPSA) is 105 Å². The predicted molar refractivity (Wildman–Crippen MR) is 146 cm³/mol. The average Bonchev–Trinajstić information content (AvgIpc) is 3.04. The lowest BCUT2D eigenvalue weighted by Gasteiger charge is -2.29. The van der Waals surface area contributed by atoms with Crippen molar-refractivity contribution < 1.29 is 18.8 Å². The van der Waals surface area contributed by atoms with Crippen molar-refractivity contribution >= 4 is 29.3 Å². The number of nitrogens with zero attached hydrogens (tertiary/aromatic N) is 2. The zero-order valence-electron chi connectivity index (χ0n) is 22.4. The van der Waals surface area contributed by atoms with Gasteiger partial charge in [0.05, 0.1) is 5.02 Å². The molecule has 0 radical (unpaired) electrons. The first kappa shape index (κ1) is 29.6. The van der Waals surface area contributed by atoms with Crippen molar-refractivity contribution in [1.82, 2.24) is 15.2 Å². The van der Waals surface area contributed by atoms with Crippen molar-refractivity contribution in [3.05, 3.63) is 53.1 Å². The van der Waals surface area contributed by atoms with Gasteiger partial charge in [0.2, 0.25) is 17.7 Å². The largest absolute Gasteiger partial charge is 0.369 e. The molecule has 1 aromatic carbocycles. The lowest BCUT2D eigenvalue weighted by atomic mass is 9.81. The Hall–Kier alpha value is -3.00. The van der Waals surface area contributed by atoms with Gasteiger partial charge in [-0.05, 0) is 67.3 Å². The van der Waals surface area contributed by atoms with E-state index in [1.54, 1.807) is 29.4 Å². The molecule has 7 nitrogen and oxygen atoms in total. The quantitative estimate of drug-likeness (QED) is 0.410. The molecule has 2 heterocycles. The van der Waals surface area contributed by atoms with Gasteiger partial charge in [0, 0.05) is 42.9 Å². The number of nitrogens with two attached hydrogens (primary N) is 1. The van der Waals surface area contributed by atoms with Gasteiger partial charge in [-0.1, -0.05) is 44.9 Å². The van der Waals surface area contributed by atoms with Crippen LogP contribution in [0.4, 0.5) is 4.39 Å². The fourth-order valence-electron chi connectivity index (χ4n) is 5.12. The van der Waals surface area contributed by atoms with E-state index < -0.39 is 29.6 Å². The highest BCUT2D eigenvalue weighted by molar-refractivity contribution is 6.31. The molecule has 0 aliphatic carbocycles. The summed E-state index contributed by atoms with van der Waals surface area (Å²) in [7, 11) is 0. The molecule has 38 heavy (non-hydrogen) atoms. The van der Waals surface area contributed by atoms with Crippen molar-refractivity contribution in [2.45, 2.75) is 71.9 Å². The molecular weight excluding hydrogens is 507 g/mol. The SMILES string of the molecule is CCC[C@H](C(N)=O)[C@@H](CC(C)C)C(=O)N[C@H]1CCCCN(Cc2cncc(-c3ccc(F)c(Cl)c3)c2)C1=O. The second-order valence-corrected chi connectivity index (χ2v) is 11.0. The normalized spacial score (nSPS) is 17.7. The summed E-state index contributed by atoms with van der Waals surface area (Å²) in [6.07, 6.45) is 7.31. The zero-order chi connectivity index (χ0) is 27.8. The van der Waals surface area contributed by atoms with Crippen LogP contribution in [0.5, 0.6) is 0 Å². The minimum atomic E-state index is -0.665. The summed E-state index contributed by atoms with van der Waals surface area (Å²) in [4.78, 5) is 45.2. The number of halogens is 2. The molecule has 0 spiro atoms. The van der Waals surface area contributed by atoms with Crippen molar-refractivity contribution in [2.24, 2.45) is 23.5 Å². The number of aromatic nitrogens is 1. The summed E-state index contributed by atoms with van der Waals surface area (Å²) in [6, 6.07) is 5.73. The standard InChI is InChI=1S/C29H38ClFN4O3/c1-4-7-22(27(32)36)23(12-18(2)3)28(37)34-26-8-5-6-11-35(29(26)38)17-19-13-21(16-33-15-19)20-9-10-25(31)24(30)14-20/h9-10,13-16,18,22-23,26H,4-8,11-12,17H2,1-3H3,(H2,32,36)(H,34,37)/t22-,23+,26-/m0/s1. The summed E-state index contributed by atoms with van der Waals surface area (Å²) in [5, 5.41) is 3.00. The van der Waals surface area contributed by atoms with E-state index in [1.165, 1.54) is 6.07 Å². The zero-order valence-corrected chi connectivity index (χ0v) is 23.1. The van der Waals surface area contributed by atoms with E-state index in [0.29, 0.717) is 32.4 Å². The van der Waals surface area contributed by atoms with E-state index in [4.69, 9.17) is 17.3 Å². The summed E-state index contributed by atoms with van der Waals surface area (Å²) < 4.78 is 13.6. The van der Waals surface area contributed by atoms with Crippen molar-refractivity contribution in [2.75, 3.05) is 6.54 Å². The average molecular weight is 545 g/mol. The van der Waals surface area contributed by atoms with Crippen LogP contribution in [0.2, 0.25) is 5.02 Å². The number of rotatable bonds is 11. The van der Waals surface area contributed by atoms with Crippen LogP contribution in [-0.2, 0) is 20.9 Å². The second-order valence-electron chi connectivity index (χ2n) is 10.6. The molecule has 1 fully saturated rings. The third-order valence-corrected chi connectivity index (χ3v) is 7.32. The summed E-state index contributed by atoms with van der Waals surface area (Å²) in [5.41, 5.74) is 7.98. The number of pyridine rings is 1. The maximum Gasteiger partial charge on any atom is 0.245 e. The first-order valence-corrected chi connectivity index (χ1v) is 13.8. The fourth-order valence-corrected chi connectivity index (χ4v) is 5.30. The molecule has 3 rings (SSSR count). The number of carbonyl (C=O) groups excluding carboxylic acids is 3. The van der Waals surface area contributed by atoms with E-state index in [2.05, 4.69) is 10.3 Å². The van der Waals surface area contributed by atoms with Gasteiger partial charge in [0.1, 0.15) is 11.9 Å². The maximum absolute atomic E-state index is 13.6. The first-order chi connectivity index (χ1) is 18.1. The third kappa shape index (κ3) is 7.76. The van der Waals surface area contributed by atoms with Crippen LogP contribution in [0.15, 0.2) is 36.7 Å². The number of hydrogen-bond acceptors (Lipinski definition) is 4. The fraction of sp³-hybridized carbons (Fsp3) is 0.517. The Balaban J connectivity index is 1.76. The van der Waals surface area contributed by atoms with Crippen LogP contribution >= 0.6 is 11.6 Å².